The maximum atomic E-state index is 10.8. The molecule has 0 saturated carbocycles. The number of aromatic nitrogens is 2. The van der Waals surface area contributed by atoms with Crippen molar-refractivity contribution in [1.82, 2.24) is 14.9 Å². The maximum Gasteiger partial charge on any atom is 0.310 e. The maximum absolute atomic E-state index is 10.8. The number of carboxylic acid groups (broad SMARTS) is 1. The van der Waals surface area contributed by atoms with Gasteiger partial charge in [-0.1, -0.05) is 0 Å². The van der Waals surface area contributed by atoms with E-state index in [9.17, 15) is 4.79 Å². The normalized spacial score (nSPS) is 11.7. The number of nitrogens with zero attached hydrogens (tertiary/aromatic N) is 2. The first-order valence-corrected chi connectivity index (χ1v) is 4.84. The van der Waals surface area contributed by atoms with Gasteiger partial charge in [-0.15, -0.1) is 0 Å². The molecule has 1 aromatic rings. The lowest BCUT2D eigenvalue weighted by Crippen LogP contribution is -2.36. The highest BCUT2D eigenvalue weighted by atomic mass is 16.4. The van der Waals surface area contributed by atoms with Crippen molar-refractivity contribution in [3.05, 3.63) is 18.2 Å². The predicted octanol–water partition coefficient (Wildman–Crippen LogP) is 0.620. The van der Waals surface area contributed by atoms with Crippen LogP contribution in [0.4, 0.5) is 0 Å². The smallest absolute Gasteiger partial charge is 0.310 e. The lowest BCUT2D eigenvalue weighted by atomic mass is 9.94. The number of imidazole rings is 1. The Morgan fingerprint density at radius 1 is 1.67 bits per heavy atom. The van der Waals surface area contributed by atoms with E-state index in [-0.39, 0.29) is 0 Å². The molecule has 0 unspecified atom stereocenters. The second-order valence-corrected chi connectivity index (χ2v) is 4.25. The molecule has 0 aliphatic heterocycles. The number of carboxylic acids is 1. The Bertz CT molecular complexity index is 344. The zero-order valence-electron chi connectivity index (χ0n) is 9.32. The highest BCUT2D eigenvalue weighted by molar-refractivity contribution is 5.73. The molecule has 0 atom stereocenters. The van der Waals surface area contributed by atoms with Crippen molar-refractivity contribution in [2.75, 3.05) is 6.54 Å². The molecule has 0 aromatic carbocycles. The third kappa shape index (κ3) is 3.06. The van der Waals surface area contributed by atoms with Crippen molar-refractivity contribution in [1.29, 1.82) is 0 Å². The first-order valence-electron chi connectivity index (χ1n) is 4.84. The van der Waals surface area contributed by atoms with Gasteiger partial charge in [0.1, 0.15) is 5.82 Å². The molecule has 5 heteroatoms. The van der Waals surface area contributed by atoms with Crippen LogP contribution in [0.5, 0.6) is 0 Å². The highest BCUT2D eigenvalue weighted by Crippen LogP contribution is 2.13. The largest absolute Gasteiger partial charge is 0.481 e. The van der Waals surface area contributed by atoms with Crippen LogP contribution in [0.2, 0.25) is 0 Å². The fourth-order valence-corrected chi connectivity index (χ4v) is 1.13. The van der Waals surface area contributed by atoms with Crippen LogP contribution in [0.1, 0.15) is 19.7 Å². The van der Waals surface area contributed by atoms with E-state index in [1.54, 1.807) is 20.0 Å². The van der Waals surface area contributed by atoms with Crippen LogP contribution in [-0.4, -0.2) is 27.2 Å². The molecule has 0 fully saturated rings. The molecule has 0 radical (unpaired) electrons. The highest BCUT2D eigenvalue weighted by Gasteiger charge is 2.26. The van der Waals surface area contributed by atoms with E-state index >= 15 is 0 Å². The lowest BCUT2D eigenvalue weighted by molar-refractivity contribution is -0.146. The fourth-order valence-electron chi connectivity index (χ4n) is 1.13. The Kier molecular flexibility index (Phi) is 3.47. The SMILES string of the molecule is Cn1ccnc1CNCC(C)(C)C(=O)O. The van der Waals surface area contributed by atoms with Gasteiger partial charge in [0.25, 0.3) is 0 Å². The van der Waals surface area contributed by atoms with E-state index < -0.39 is 11.4 Å². The fraction of sp³-hybridized carbons (Fsp3) is 0.600. The standard InChI is InChI=1S/C10H17N3O2/c1-10(2,9(14)15)7-11-6-8-12-4-5-13(8)3/h4-5,11H,6-7H2,1-3H3,(H,14,15). The van der Waals surface area contributed by atoms with Crippen LogP contribution in [0, 0.1) is 5.41 Å². The Morgan fingerprint density at radius 3 is 2.80 bits per heavy atom. The second-order valence-electron chi connectivity index (χ2n) is 4.25. The van der Waals surface area contributed by atoms with E-state index in [0.717, 1.165) is 5.82 Å². The molecule has 1 aromatic heterocycles. The van der Waals surface area contributed by atoms with E-state index in [2.05, 4.69) is 10.3 Å². The first-order chi connectivity index (χ1) is 6.93. The van der Waals surface area contributed by atoms with Crippen LogP contribution in [0.25, 0.3) is 0 Å². The summed E-state index contributed by atoms with van der Waals surface area (Å²) in [6.07, 6.45) is 3.58. The first kappa shape index (κ1) is 11.7. The van der Waals surface area contributed by atoms with Gasteiger partial charge < -0.3 is 15.0 Å². The molecule has 0 spiro atoms. The minimum Gasteiger partial charge on any atom is -0.481 e. The summed E-state index contributed by atoms with van der Waals surface area (Å²) in [5.74, 6) is 0.103. The number of hydrogen-bond donors (Lipinski definition) is 2. The monoisotopic (exact) mass is 211 g/mol. The molecule has 84 valence electrons. The molecular formula is C10H17N3O2. The van der Waals surface area contributed by atoms with Crippen molar-refractivity contribution in [2.24, 2.45) is 12.5 Å². The van der Waals surface area contributed by atoms with Crippen molar-refractivity contribution in [2.45, 2.75) is 20.4 Å². The zero-order valence-corrected chi connectivity index (χ0v) is 9.32. The molecule has 5 nitrogen and oxygen atoms in total. The average Bonchev–Trinajstić information content (AvgIpc) is 2.51. The molecule has 0 bridgehead atoms. The minimum absolute atomic E-state index is 0.426. The van der Waals surface area contributed by atoms with Crippen molar-refractivity contribution >= 4 is 5.97 Å². The summed E-state index contributed by atoms with van der Waals surface area (Å²) in [7, 11) is 1.91. The van der Waals surface area contributed by atoms with Crippen molar-refractivity contribution < 1.29 is 9.90 Å². The lowest BCUT2D eigenvalue weighted by Gasteiger charge is -2.19. The molecule has 0 saturated heterocycles. The Morgan fingerprint density at radius 2 is 2.33 bits per heavy atom. The summed E-state index contributed by atoms with van der Waals surface area (Å²) in [6, 6.07) is 0. The van der Waals surface area contributed by atoms with Gasteiger partial charge >= 0.3 is 5.97 Å². The molecule has 0 aliphatic rings. The summed E-state index contributed by atoms with van der Waals surface area (Å²) >= 11 is 0. The van der Waals surface area contributed by atoms with Crippen molar-refractivity contribution in [3.8, 4) is 0 Å². The number of aliphatic carboxylic acids is 1. The van der Waals surface area contributed by atoms with Crippen LogP contribution < -0.4 is 5.32 Å². The quantitative estimate of drug-likeness (QED) is 0.749. The van der Waals surface area contributed by atoms with Gasteiger partial charge in [-0.3, -0.25) is 4.79 Å². The molecule has 0 aliphatic carbocycles. The van der Waals surface area contributed by atoms with E-state index in [4.69, 9.17) is 5.11 Å². The Labute approximate surface area is 89.1 Å². The number of aryl methyl sites for hydroxylation is 1. The summed E-state index contributed by atoms with van der Waals surface area (Å²) in [4.78, 5) is 15.0. The number of rotatable bonds is 5. The predicted molar refractivity (Wildman–Crippen MR) is 56.3 cm³/mol. The number of hydrogen-bond acceptors (Lipinski definition) is 3. The molecule has 15 heavy (non-hydrogen) atoms. The van der Waals surface area contributed by atoms with Gasteiger partial charge in [0.05, 0.1) is 12.0 Å². The molecule has 1 rings (SSSR count). The van der Waals surface area contributed by atoms with Crippen LogP contribution in [-0.2, 0) is 18.4 Å². The molecule has 0 amide bonds. The summed E-state index contributed by atoms with van der Waals surface area (Å²) in [5, 5.41) is 12.0. The van der Waals surface area contributed by atoms with Gasteiger partial charge in [0.2, 0.25) is 0 Å². The number of carbonyl (C=O) groups is 1. The molecule has 2 N–H and O–H groups in total. The van der Waals surface area contributed by atoms with Gasteiger partial charge in [-0.05, 0) is 13.8 Å². The van der Waals surface area contributed by atoms with Crippen molar-refractivity contribution in [3.63, 3.8) is 0 Å². The molecule has 1 heterocycles. The second kappa shape index (κ2) is 4.44. The third-order valence-electron chi connectivity index (χ3n) is 2.35. The average molecular weight is 211 g/mol. The van der Waals surface area contributed by atoms with Gasteiger partial charge in [0, 0.05) is 26.0 Å². The topological polar surface area (TPSA) is 67.2 Å². The van der Waals surface area contributed by atoms with Crippen LogP contribution in [0.3, 0.4) is 0 Å². The zero-order chi connectivity index (χ0) is 11.5. The molecular weight excluding hydrogens is 194 g/mol. The Balaban J connectivity index is 2.40. The van der Waals surface area contributed by atoms with Gasteiger partial charge in [-0.25, -0.2) is 4.98 Å². The van der Waals surface area contributed by atoms with E-state index in [0.29, 0.717) is 13.1 Å². The van der Waals surface area contributed by atoms with Gasteiger partial charge in [0.15, 0.2) is 0 Å². The third-order valence-corrected chi connectivity index (χ3v) is 2.35. The minimum atomic E-state index is -0.796. The summed E-state index contributed by atoms with van der Waals surface area (Å²) in [6.45, 7) is 4.40. The van der Waals surface area contributed by atoms with E-state index in [1.165, 1.54) is 0 Å². The summed E-state index contributed by atoms with van der Waals surface area (Å²) < 4.78 is 1.90. The Hall–Kier alpha value is -1.36. The summed E-state index contributed by atoms with van der Waals surface area (Å²) in [5.41, 5.74) is -0.745. The van der Waals surface area contributed by atoms with E-state index in [1.807, 2.05) is 17.8 Å². The van der Waals surface area contributed by atoms with Gasteiger partial charge in [-0.2, -0.15) is 0 Å². The number of nitrogens with one attached hydrogen (secondary N) is 1. The van der Waals surface area contributed by atoms with Crippen LogP contribution >= 0.6 is 0 Å². The van der Waals surface area contributed by atoms with Crippen LogP contribution in [0.15, 0.2) is 12.4 Å².